The highest BCUT2D eigenvalue weighted by Crippen LogP contribution is 2.28. The summed E-state index contributed by atoms with van der Waals surface area (Å²) in [7, 11) is -4.32. The lowest BCUT2D eigenvalue weighted by Crippen LogP contribution is -2.51. The van der Waals surface area contributed by atoms with Crippen molar-refractivity contribution in [1.82, 2.24) is 24.7 Å². The Kier molecular flexibility index (Phi) is 11.0. The molecule has 2 aliphatic rings. The van der Waals surface area contributed by atoms with Gasteiger partial charge in [-0.3, -0.25) is 10.2 Å². The average molecular weight is 673 g/mol. The molecule has 1 aliphatic heterocycles. The number of aliphatic hydroxyl groups is 1. The van der Waals surface area contributed by atoms with E-state index in [1.54, 1.807) is 25.7 Å². The van der Waals surface area contributed by atoms with Crippen LogP contribution in [0.2, 0.25) is 0 Å². The lowest BCUT2D eigenvalue weighted by atomic mass is 10.0. The standard InChI is InChI=1S/C32H44N6O8S/c1-32(2,3)45-31(41)35-27(19-22-9-5-4-6-10-22)28(39)21-38(46-23-11-7-8-12-23)47(42,43)24-13-14-25-26(20-24)34-29(33-25)36-30(40)37-15-17-44-18-16-37/h4-6,9-10,13-14,20,23,27-28,39H,7-8,11-12,15-19,21H2,1-3H3,(H,35,41)(H2,33,34,36,40)/t27-,28?/m0/s1. The second-order valence-electron chi connectivity index (χ2n) is 12.8. The van der Waals surface area contributed by atoms with Crippen molar-refractivity contribution >= 4 is 39.1 Å². The van der Waals surface area contributed by atoms with Gasteiger partial charge < -0.3 is 29.8 Å². The fourth-order valence-corrected chi connectivity index (χ4v) is 6.85. The monoisotopic (exact) mass is 672 g/mol. The molecular formula is C32H44N6O8S. The van der Waals surface area contributed by atoms with Crippen molar-refractivity contribution in [2.45, 2.75) is 81.6 Å². The predicted octanol–water partition coefficient (Wildman–Crippen LogP) is 3.79. The number of nitrogens with zero attached hydrogens (tertiary/aromatic N) is 3. The minimum absolute atomic E-state index is 0.0930. The topological polar surface area (TPSA) is 175 Å². The number of aliphatic hydroxyl groups excluding tert-OH is 1. The van der Waals surface area contributed by atoms with Crippen molar-refractivity contribution in [3.8, 4) is 0 Å². The summed E-state index contributed by atoms with van der Waals surface area (Å²) >= 11 is 0. The third kappa shape index (κ3) is 9.41. The molecule has 3 aromatic rings. The molecule has 2 heterocycles. The molecule has 47 heavy (non-hydrogen) atoms. The maximum Gasteiger partial charge on any atom is 0.407 e. The average Bonchev–Trinajstić information content (AvgIpc) is 3.69. The van der Waals surface area contributed by atoms with E-state index in [1.165, 1.54) is 18.2 Å². The van der Waals surface area contributed by atoms with Crippen LogP contribution < -0.4 is 10.6 Å². The van der Waals surface area contributed by atoms with Crippen LogP contribution in [0.3, 0.4) is 0 Å². The van der Waals surface area contributed by atoms with Gasteiger partial charge in [-0.15, -0.1) is 0 Å². The predicted molar refractivity (Wildman–Crippen MR) is 174 cm³/mol. The highest BCUT2D eigenvalue weighted by molar-refractivity contribution is 7.89. The van der Waals surface area contributed by atoms with E-state index in [9.17, 15) is 23.1 Å². The molecule has 1 unspecified atom stereocenters. The van der Waals surface area contributed by atoms with Crippen molar-refractivity contribution in [2.75, 3.05) is 38.2 Å². The quantitative estimate of drug-likeness (QED) is 0.221. The molecule has 15 heteroatoms. The Hall–Kier alpha value is -3.76. The van der Waals surface area contributed by atoms with E-state index in [1.807, 2.05) is 30.3 Å². The molecule has 1 aliphatic carbocycles. The van der Waals surface area contributed by atoms with E-state index in [-0.39, 0.29) is 29.4 Å². The first-order valence-electron chi connectivity index (χ1n) is 15.9. The Labute approximate surface area is 274 Å². The normalized spacial score (nSPS) is 17.5. The number of hydrogen-bond acceptors (Lipinski definition) is 9. The van der Waals surface area contributed by atoms with Gasteiger partial charge in [0.15, 0.2) is 0 Å². The second kappa shape index (κ2) is 15.0. The number of carbonyl (C=O) groups excluding carboxylic acids is 2. The molecule has 0 bridgehead atoms. The van der Waals surface area contributed by atoms with Crippen LogP contribution in [0, 0.1) is 0 Å². The van der Waals surface area contributed by atoms with Crippen molar-refractivity contribution in [1.29, 1.82) is 0 Å². The van der Waals surface area contributed by atoms with Gasteiger partial charge in [-0.25, -0.2) is 23.0 Å². The number of urea groups is 1. The second-order valence-corrected chi connectivity index (χ2v) is 14.6. The van der Waals surface area contributed by atoms with Crippen LogP contribution in [0.15, 0.2) is 53.4 Å². The Morgan fingerprint density at radius 2 is 1.83 bits per heavy atom. The molecule has 1 saturated carbocycles. The summed E-state index contributed by atoms with van der Waals surface area (Å²) in [5.74, 6) is 0.178. The van der Waals surface area contributed by atoms with Crippen molar-refractivity contribution in [3.05, 3.63) is 54.1 Å². The van der Waals surface area contributed by atoms with E-state index >= 15 is 0 Å². The van der Waals surface area contributed by atoms with E-state index in [0.29, 0.717) is 50.2 Å². The summed E-state index contributed by atoms with van der Waals surface area (Å²) in [5.41, 5.74) is 0.899. The first kappa shape index (κ1) is 34.6. The number of benzene rings is 2. The molecule has 5 rings (SSSR count). The number of hydrogen-bond donors (Lipinski definition) is 4. The van der Waals surface area contributed by atoms with E-state index in [4.69, 9.17) is 14.3 Å². The minimum Gasteiger partial charge on any atom is -0.444 e. The maximum absolute atomic E-state index is 14.1. The number of fused-ring (bicyclic) bond motifs is 1. The number of morpholine rings is 1. The molecule has 2 fully saturated rings. The fraction of sp³-hybridized carbons (Fsp3) is 0.531. The molecule has 1 saturated heterocycles. The van der Waals surface area contributed by atoms with E-state index in [2.05, 4.69) is 20.6 Å². The third-order valence-electron chi connectivity index (χ3n) is 7.91. The van der Waals surface area contributed by atoms with Crippen LogP contribution >= 0.6 is 0 Å². The molecule has 0 radical (unpaired) electrons. The van der Waals surface area contributed by atoms with Crippen LogP contribution in [0.4, 0.5) is 15.5 Å². The largest absolute Gasteiger partial charge is 0.444 e. The molecule has 0 spiro atoms. The number of carbonyl (C=O) groups is 2. The highest BCUT2D eigenvalue weighted by Gasteiger charge is 2.35. The van der Waals surface area contributed by atoms with Crippen molar-refractivity contribution in [3.63, 3.8) is 0 Å². The van der Waals surface area contributed by atoms with E-state index in [0.717, 1.165) is 22.9 Å². The molecule has 256 valence electrons. The molecule has 1 aromatic heterocycles. The minimum atomic E-state index is -4.32. The fourth-order valence-electron chi connectivity index (χ4n) is 5.52. The summed E-state index contributed by atoms with van der Waals surface area (Å²) in [5, 5.41) is 17.0. The number of nitrogens with one attached hydrogen (secondary N) is 3. The number of imidazole rings is 1. The van der Waals surface area contributed by atoms with Gasteiger partial charge >= 0.3 is 12.1 Å². The molecule has 4 N–H and O–H groups in total. The molecule has 2 aromatic carbocycles. The first-order valence-corrected chi connectivity index (χ1v) is 17.4. The molecular weight excluding hydrogens is 628 g/mol. The number of ether oxygens (including phenoxy) is 2. The lowest BCUT2D eigenvalue weighted by Gasteiger charge is -2.31. The number of alkyl carbamates (subject to hydrolysis) is 1. The van der Waals surface area contributed by atoms with Crippen LogP contribution in [0.1, 0.15) is 52.0 Å². The summed E-state index contributed by atoms with van der Waals surface area (Å²) in [6.07, 6.45) is 0.934. The third-order valence-corrected chi connectivity index (χ3v) is 9.53. The number of rotatable bonds is 11. The number of sulfonamides is 1. The van der Waals surface area contributed by atoms with Crippen LogP contribution in [0.5, 0.6) is 0 Å². The smallest absolute Gasteiger partial charge is 0.407 e. The van der Waals surface area contributed by atoms with Gasteiger partial charge in [-0.2, -0.15) is 0 Å². The van der Waals surface area contributed by atoms with Crippen molar-refractivity contribution < 1.29 is 37.4 Å². The zero-order chi connectivity index (χ0) is 33.6. The van der Waals surface area contributed by atoms with Crippen LogP contribution in [0.25, 0.3) is 11.0 Å². The zero-order valence-corrected chi connectivity index (χ0v) is 27.8. The maximum atomic E-state index is 14.1. The van der Waals surface area contributed by atoms with Gasteiger partial charge in [0.2, 0.25) is 5.95 Å². The Morgan fingerprint density at radius 1 is 1.13 bits per heavy atom. The summed E-state index contributed by atoms with van der Waals surface area (Å²) in [6.45, 7) is 6.56. The van der Waals surface area contributed by atoms with E-state index < -0.39 is 40.4 Å². The van der Waals surface area contributed by atoms with Gasteiger partial charge in [-0.1, -0.05) is 47.6 Å². The van der Waals surface area contributed by atoms with Gasteiger partial charge in [0, 0.05) is 13.1 Å². The number of hydroxylamine groups is 1. The van der Waals surface area contributed by atoms with Gasteiger partial charge in [0.1, 0.15) is 5.60 Å². The number of H-pyrrole nitrogens is 1. The Morgan fingerprint density at radius 3 is 2.51 bits per heavy atom. The number of anilines is 1. The Bertz CT molecular complexity index is 1620. The number of aromatic amines is 1. The van der Waals surface area contributed by atoms with Crippen LogP contribution in [-0.4, -0.2) is 102 Å². The first-order chi connectivity index (χ1) is 22.4. The SMILES string of the molecule is CC(C)(C)OC(=O)N[C@@H](Cc1ccccc1)C(O)CN(OC1CCCC1)S(=O)(=O)c1ccc2nc(NC(=O)N3CCOCC3)[nH]c2c1. The zero-order valence-electron chi connectivity index (χ0n) is 27.0. The molecule has 3 amide bonds. The molecule has 2 atom stereocenters. The lowest BCUT2D eigenvalue weighted by molar-refractivity contribution is -0.145. The summed E-state index contributed by atoms with van der Waals surface area (Å²) in [4.78, 5) is 40.4. The van der Waals surface area contributed by atoms with Gasteiger partial charge in [-0.05, 0) is 63.8 Å². The Balaban J connectivity index is 1.38. The van der Waals surface area contributed by atoms with Crippen molar-refractivity contribution in [2.24, 2.45) is 0 Å². The highest BCUT2D eigenvalue weighted by atomic mass is 32.2. The van der Waals surface area contributed by atoms with Gasteiger partial charge in [0.05, 0.1) is 53.9 Å². The van der Waals surface area contributed by atoms with Crippen LogP contribution in [-0.2, 0) is 30.8 Å². The van der Waals surface area contributed by atoms with Gasteiger partial charge in [0.25, 0.3) is 10.0 Å². The summed E-state index contributed by atoms with van der Waals surface area (Å²) in [6, 6.07) is 12.4. The molecule has 14 nitrogen and oxygen atoms in total. The summed E-state index contributed by atoms with van der Waals surface area (Å²) < 4.78 is 39.8. The number of amides is 3. The number of aromatic nitrogens is 2.